The number of hydrogen-bond donors (Lipinski definition) is 1. The second kappa shape index (κ2) is 5.38. The quantitative estimate of drug-likeness (QED) is 0.837. The van der Waals surface area contributed by atoms with E-state index in [1.807, 2.05) is 6.26 Å². The Bertz CT molecular complexity index is 553. The van der Waals surface area contributed by atoms with Crippen molar-refractivity contribution in [1.82, 2.24) is 5.32 Å². The van der Waals surface area contributed by atoms with E-state index in [0.717, 1.165) is 31.0 Å². The summed E-state index contributed by atoms with van der Waals surface area (Å²) in [5.41, 5.74) is 3.79. The van der Waals surface area contributed by atoms with Crippen LogP contribution in [0.4, 0.5) is 0 Å². The van der Waals surface area contributed by atoms with Crippen molar-refractivity contribution in [3.63, 3.8) is 0 Å². The highest BCUT2D eigenvalue weighted by Gasteiger charge is 2.20. The molecule has 0 saturated heterocycles. The van der Waals surface area contributed by atoms with Crippen molar-refractivity contribution in [2.24, 2.45) is 0 Å². The predicted octanol–water partition coefficient (Wildman–Crippen LogP) is 4.24. The van der Waals surface area contributed by atoms with Crippen LogP contribution < -0.4 is 5.32 Å². The Kier molecular flexibility index (Phi) is 3.61. The average Bonchev–Trinajstić information content (AvgIpc) is 3.17. The zero-order valence-corrected chi connectivity index (χ0v) is 11.9. The summed E-state index contributed by atoms with van der Waals surface area (Å²) in [6, 6.07) is 7.34. The Morgan fingerprint density at radius 2 is 2.21 bits per heavy atom. The fourth-order valence-corrected chi connectivity index (χ4v) is 2.63. The molecule has 2 heteroatoms. The zero-order valence-electron chi connectivity index (χ0n) is 11.9. The third kappa shape index (κ3) is 2.69. The summed E-state index contributed by atoms with van der Waals surface area (Å²) in [7, 11) is 0. The van der Waals surface area contributed by atoms with Crippen LogP contribution in [0.1, 0.15) is 50.2 Å². The van der Waals surface area contributed by atoms with Gasteiger partial charge >= 0.3 is 0 Å². The van der Waals surface area contributed by atoms with E-state index < -0.39 is 0 Å². The molecule has 102 valence electrons. The third-order valence-corrected chi connectivity index (χ3v) is 4.26. The Labute approximate surface area is 115 Å². The van der Waals surface area contributed by atoms with Crippen LogP contribution in [0.3, 0.4) is 0 Å². The summed E-state index contributed by atoms with van der Waals surface area (Å²) in [4.78, 5) is 0. The summed E-state index contributed by atoms with van der Waals surface area (Å²) >= 11 is 0. The van der Waals surface area contributed by atoms with Crippen molar-refractivity contribution in [3.05, 3.63) is 35.6 Å². The van der Waals surface area contributed by atoms with E-state index in [1.54, 1.807) is 0 Å². The number of furan rings is 1. The minimum Gasteiger partial charge on any atom is -0.464 e. The molecule has 2 aromatic rings. The van der Waals surface area contributed by atoms with E-state index in [-0.39, 0.29) is 0 Å². The molecule has 1 heterocycles. The highest BCUT2D eigenvalue weighted by molar-refractivity contribution is 5.84. The first-order chi connectivity index (χ1) is 9.29. The summed E-state index contributed by atoms with van der Waals surface area (Å²) in [5.74, 6) is 0.562. The number of fused-ring (bicyclic) bond motifs is 1. The van der Waals surface area contributed by atoms with Gasteiger partial charge in [0.25, 0.3) is 0 Å². The minimum atomic E-state index is 0.562. The average molecular weight is 257 g/mol. The maximum atomic E-state index is 5.85. The lowest BCUT2D eigenvalue weighted by atomic mass is 9.96. The van der Waals surface area contributed by atoms with Gasteiger partial charge in [0.05, 0.1) is 6.26 Å². The standard InChI is InChI=1S/C17H23NO/c1-3-12(2)15-5-4-6-16-13(11-19-17(15)16)9-10-18-14-7-8-14/h4-6,11-12,14,18H,3,7-10H2,1-2H3. The molecular formula is C17H23NO. The molecule has 2 nitrogen and oxygen atoms in total. The number of rotatable bonds is 6. The molecule has 3 rings (SSSR count). The molecule has 0 aliphatic heterocycles. The van der Waals surface area contributed by atoms with E-state index in [1.165, 1.54) is 29.4 Å². The van der Waals surface area contributed by atoms with Crippen molar-refractivity contribution in [1.29, 1.82) is 0 Å². The monoisotopic (exact) mass is 257 g/mol. The van der Waals surface area contributed by atoms with Crippen LogP contribution >= 0.6 is 0 Å². The summed E-state index contributed by atoms with van der Waals surface area (Å²) in [5, 5.41) is 4.87. The van der Waals surface area contributed by atoms with Gasteiger partial charge < -0.3 is 9.73 Å². The fourth-order valence-electron chi connectivity index (χ4n) is 2.63. The van der Waals surface area contributed by atoms with Crippen LogP contribution in [-0.4, -0.2) is 12.6 Å². The SMILES string of the molecule is CCC(C)c1cccc2c(CCNC3CC3)coc12. The van der Waals surface area contributed by atoms with Gasteiger partial charge in [-0.05, 0) is 49.3 Å². The van der Waals surface area contributed by atoms with Gasteiger partial charge in [-0.25, -0.2) is 0 Å². The van der Waals surface area contributed by atoms with Gasteiger partial charge in [0.1, 0.15) is 5.58 Å². The van der Waals surface area contributed by atoms with E-state index in [9.17, 15) is 0 Å². The summed E-state index contributed by atoms with van der Waals surface area (Å²) in [6.07, 6.45) is 6.87. The van der Waals surface area contributed by atoms with Crippen molar-refractivity contribution in [2.45, 2.75) is 51.5 Å². The van der Waals surface area contributed by atoms with Crippen LogP contribution in [0.2, 0.25) is 0 Å². The Hall–Kier alpha value is -1.28. The second-order valence-corrected chi connectivity index (χ2v) is 5.77. The molecule has 1 saturated carbocycles. The molecule has 19 heavy (non-hydrogen) atoms. The normalized spacial score (nSPS) is 16.9. The second-order valence-electron chi connectivity index (χ2n) is 5.77. The lowest BCUT2D eigenvalue weighted by molar-refractivity contribution is 0.594. The van der Waals surface area contributed by atoms with Crippen molar-refractivity contribution < 1.29 is 4.42 Å². The molecule has 1 atom stereocenters. The molecule has 1 unspecified atom stereocenters. The maximum absolute atomic E-state index is 5.85. The molecule has 1 fully saturated rings. The van der Waals surface area contributed by atoms with E-state index in [2.05, 4.69) is 37.4 Å². The molecule has 1 N–H and O–H groups in total. The number of benzene rings is 1. The highest BCUT2D eigenvalue weighted by atomic mass is 16.3. The number of hydrogen-bond acceptors (Lipinski definition) is 2. The first-order valence-electron chi connectivity index (χ1n) is 7.52. The molecule has 1 aliphatic carbocycles. The van der Waals surface area contributed by atoms with Gasteiger partial charge in [0, 0.05) is 11.4 Å². The molecule has 0 spiro atoms. The van der Waals surface area contributed by atoms with Crippen LogP contribution in [0, 0.1) is 0 Å². The van der Waals surface area contributed by atoms with Gasteiger partial charge in [-0.1, -0.05) is 32.0 Å². The van der Waals surface area contributed by atoms with Gasteiger partial charge in [0.15, 0.2) is 0 Å². The molecular weight excluding hydrogens is 234 g/mol. The van der Waals surface area contributed by atoms with Crippen LogP contribution in [0.15, 0.2) is 28.9 Å². The fraction of sp³-hybridized carbons (Fsp3) is 0.529. The van der Waals surface area contributed by atoms with Gasteiger partial charge in [0.2, 0.25) is 0 Å². The largest absolute Gasteiger partial charge is 0.464 e. The van der Waals surface area contributed by atoms with E-state index >= 15 is 0 Å². The molecule has 1 aliphatic rings. The molecule has 0 radical (unpaired) electrons. The number of nitrogens with one attached hydrogen (secondary N) is 1. The number of para-hydroxylation sites is 1. The highest BCUT2D eigenvalue weighted by Crippen LogP contribution is 2.31. The lowest BCUT2D eigenvalue weighted by Crippen LogP contribution is -2.19. The van der Waals surface area contributed by atoms with E-state index in [0.29, 0.717) is 5.92 Å². The van der Waals surface area contributed by atoms with Crippen molar-refractivity contribution in [2.75, 3.05) is 6.54 Å². The Morgan fingerprint density at radius 3 is 2.95 bits per heavy atom. The predicted molar refractivity (Wildman–Crippen MR) is 79.6 cm³/mol. The topological polar surface area (TPSA) is 25.2 Å². The first-order valence-corrected chi connectivity index (χ1v) is 7.52. The van der Waals surface area contributed by atoms with Crippen molar-refractivity contribution >= 4 is 11.0 Å². The molecule has 1 aromatic heterocycles. The summed E-state index contributed by atoms with van der Waals surface area (Å²) in [6.45, 7) is 5.56. The van der Waals surface area contributed by atoms with Gasteiger partial charge in [-0.2, -0.15) is 0 Å². The lowest BCUT2D eigenvalue weighted by Gasteiger charge is -2.09. The zero-order chi connectivity index (χ0) is 13.2. The molecule has 1 aromatic carbocycles. The van der Waals surface area contributed by atoms with Crippen LogP contribution in [0.25, 0.3) is 11.0 Å². The van der Waals surface area contributed by atoms with Crippen molar-refractivity contribution in [3.8, 4) is 0 Å². The summed E-state index contributed by atoms with van der Waals surface area (Å²) < 4.78 is 5.85. The van der Waals surface area contributed by atoms with Crippen LogP contribution in [0.5, 0.6) is 0 Å². The maximum Gasteiger partial charge on any atom is 0.137 e. The van der Waals surface area contributed by atoms with Gasteiger partial charge in [-0.15, -0.1) is 0 Å². The first kappa shape index (κ1) is 12.7. The van der Waals surface area contributed by atoms with Crippen LogP contribution in [-0.2, 0) is 6.42 Å². The minimum absolute atomic E-state index is 0.562. The smallest absolute Gasteiger partial charge is 0.137 e. The van der Waals surface area contributed by atoms with Gasteiger partial charge in [-0.3, -0.25) is 0 Å². The third-order valence-electron chi connectivity index (χ3n) is 4.26. The Balaban J connectivity index is 1.81. The Morgan fingerprint density at radius 1 is 1.37 bits per heavy atom. The molecule has 0 bridgehead atoms. The van der Waals surface area contributed by atoms with E-state index in [4.69, 9.17) is 4.42 Å². The molecule has 0 amide bonds.